The maximum Gasteiger partial charge on any atom is 0.410 e. The van der Waals surface area contributed by atoms with Crippen LogP contribution in [0.15, 0.2) is 0 Å². The number of nitrogens with zero attached hydrogens (tertiary/aromatic N) is 1. The van der Waals surface area contributed by atoms with Gasteiger partial charge < -0.3 is 4.74 Å². The highest BCUT2D eigenvalue weighted by molar-refractivity contribution is 5.70. The van der Waals surface area contributed by atoms with Crippen LogP contribution in [0.3, 0.4) is 0 Å². The Morgan fingerprint density at radius 2 is 2.42 bits per heavy atom. The van der Waals surface area contributed by atoms with E-state index in [0.717, 1.165) is 12.8 Å². The van der Waals surface area contributed by atoms with Crippen LogP contribution in [-0.2, 0) is 4.74 Å². The Bertz CT molecular complexity index is 256. The molecule has 0 aromatic carbocycles. The summed E-state index contributed by atoms with van der Waals surface area (Å²) in [4.78, 5) is 12.9. The molecule has 1 aliphatic heterocycles. The molecule has 0 spiro atoms. The fraction of sp³-hybridized carbons (Fsp3) is 0.667. The number of amides is 1. The summed E-state index contributed by atoms with van der Waals surface area (Å²) in [6, 6.07) is 0.347. The highest BCUT2D eigenvalue weighted by Crippen LogP contribution is 2.47. The molecule has 1 unspecified atom stereocenters. The first-order chi connectivity index (χ1) is 5.77. The summed E-state index contributed by atoms with van der Waals surface area (Å²) in [6.45, 7) is 0. The molecule has 1 aliphatic carbocycles. The molecule has 1 heterocycles. The van der Waals surface area contributed by atoms with Crippen LogP contribution in [0.25, 0.3) is 0 Å². The lowest BCUT2D eigenvalue weighted by molar-refractivity contribution is 0.119. The van der Waals surface area contributed by atoms with Crippen molar-refractivity contribution >= 4 is 6.09 Å². The number of carbonyl (C=O) groups is 1. The SMILES string of the molecule is C#C[C@H]1C[C@@H]2CC2N1C(=O)OC. The van der Waals surface area contributed by atoms with Gasteiger partial charge in [0, 0.05) is 6.04 Å². The lowest BCUT2D eigenvalue weighted by Gasteiger charge is -2.21. The molecular formula is C9H11NO2. The molecule has 1 saturated carbocycles. The predicted molar refractivity (Wildman–Crippen MR) is 43.4 cm³/mol. The van der Waals surface area contributed by atoms with Gasteiger partial charge in [-0.15, -0.1) is 6.42 Å². The third-order valence-electron chi connectivity index (χ3n) is 2.68. The number of rotatable bonds is 0. The fourth-order valence-electron chi connectivity index (χ4n) is 1.97. The van der Waals surface area contributed by atoms with Crippen molar-refractivity contribution in [3.05, 3.63) is 0 Å². The molecule has 3 heteroatoms. The number of fused-ring (bicyclic) bond motifs is 1. The standard InChI is InChI=1S/C9H11NO2/c1-3-7-4-6-5-8(6)10(7)9(11)12-2/h1,6-8H,4-5H2,2H3/t6-,7+,8?/m1/s1. The second kappa shape index (κ2) is 2.41. The van der Waals surface area contributed by atoms with Gasteiger partial charge in [-0.2, -0.15) is 0 Å². The lowest BCUT2D eigenvalue weighted by atomic mass is 10.2. The quantitative estimate of drug-likeness (QED) is 0.498. The van der Waals surface area contributed by atoms with E-state index in [2.05, 4.69) is 10.7 Å². The fourth-order valence-corrected chi connectivity index (χ4v) is 1.97. The van der Waals surface area contributed by atoms with E-state index in [1.54, 1.807) is 4.90 Å². The molecule has 2 fully saturated rings. The first-order valence-electron chi connectivity index (χ1n) is 4.10. The van der Waals surface area contributed by atoms with Crippen LogP contribution in [0.5, 0.6) is 0 Å². The number of likely N-dealkylation sites (tertiary alicyclic amines) is 1. The summed E-state index contributed by atoms with van der Waals surface area (Å²) < 4.78 is 4.65. The molecule has 2 rings (SSSR count). The smallest absolute Gasteiger partial charge is 0.410 e. The monoisotopic (exact) mass is 165 g/mol. The Hall–Kier alpha value is -1.17. The summed E-state index contributed by atoms with van der Waals surface area (Å²) in [5.74, 6) is 3.26. The minimum atomic E-state index is -0.275. The van der Waals surface area contributed by atoms with Gasteiger partial charge in [0.25, 0.3) is 0 Å². The molecule has 3 atom stereocenters. The van der Waals surface area contributed by atoms with Crippen LogP contribution < -0.4 is 0 Å². The minimum absolute atomic E-state index is 0.0267. The van der Waals surface area contributed by atoms with Crippen LogP contribution in [0.1, 0.15) is 12.8 Å². The lowest BCUT2D eigenvalue weighted by Crippen LogP contribution is -2.37. The Kier molecular flexibility index (Phi) is 1.50. The molecule has 3 nitrogen and oxygen atoms in total. The van der Waals surface area contributed by atoms with Crippen molar-refractivity contribution in [1.82, 2.24) is 4.90 Å². The molecule has 12 heavy (non-hydrogen) atoms. The number of hydrogen-bond donors (Lipinski definition) is 0. The Labute approximate surface area is 71.7 Å². The van der Waals surface area contributed by atoms with Crippen LogP contribution in [0, 0.1) is 18.3 Å². The van der Waals surface area contributed by atoms with Gasteiger partial charge >= 0.3 is 6.09 Å². The number of hydrogen-bond acceptors (Lipinski definition) is 2. The average Bonchev–Trinajstić information content (AvgIpc) is 2.76. The molecule has 0 aromatic heterocycles. The topological polar surface area (TPSA) is 29.5 Å². The van der Waals surface area contributed by atoms with E-state index in [-0.39, 0.29) is 12.1 Å². The van der Waals surface area contributed by atoms with Gasteiger partial charge in [0.15, 0.2) is 0 Å². The first kappa shape index (κ1) is 7.48. The van der Waals surface area contributed by atoms with Gasteiger partial charge in [0.05, 0.1) is 13.2 Å². The number of methoxy groups -OCH3 is 1. The number of carbonyl (C=O) groups excluding carboxylic acids is 1. The first-order valence-corrected chi connectivity index (χ1v) is 4.10. The normalized spacial score (nSPS) is 37.0. The van der Waals surface area contributed by atoms with E-state index in [1.165, 1.54) is 7.11 Å². The van der Waals surface area contributed by atoms with Crippen molar-refractivity contribution in [3.8, 4) is 12.3 Å². The molecule has 2 aliphatic rings. The molecule has 64 valence electrons. The minimum Gasteiger partial charge on any atom is -0.453 e. The van der Waals surface area contributed by atoms with Crippen LogP contribution in [0.4, 0.5) is 4.79 Å². The highest BCUT2D eigenvalue weighted by atomic mass is 16.5. The maximum atomic E-state index is 11.2. The zero-order valence-electron chi connectivity index (χ0n) is 6.99. The van der Waals surface area contributed by atoms with Gasteiger partial charge in [0.1, 0.15) is 0 Å². The Morgan fingerprint density at radius 3 is 3.00 bits per heavy atom. The van der Waals surface area contributed by atoms with Crippen molar-refractivity contribution in [3.63, 3.8) is 0 Å². The zero-order chi connectivity index (χ0) is 8.72. The van der Waals surface area contributed by atoms with Crippen LogP contribution in [-0.4, -0.2) is 30.2 Å². The summed E-state index contributed by atoms with van der Waals surface area (Å²) in [5, 5.41) is 0. The highest BCUT2D eigenvalue weighted by Gasteiger charge is 2.54. The van der Waals surface area contributed by atoms with E-state index in [1.807, 2.05) is 0 Å². The van der Waals surface area contributed by atoms with Crippen molar-refractivity contribution in [2.45, 2.75) is 24.9 Å². The van der Waals surface area contributed by atoms with Gasteiger partial charge in [-0.1, -0.05) is 5.92 Å². The third-order valence-corrected chi connectivity index (χ3v) is 2.68. The molecule has 1 saturated heterocycles. The molecule has 0 aromatic rings. The third kappa shape index (κ3) is 0.878. The van der Waals surface area contributed by atoms with Crippen molar-refractivity contribution in [2.24, 2.45) is 5.92 Å². The van der Waals surface area contributed by atoms with Gasteiger partial charge in [-0.25, -0.2) is 4.79 Å². The molecular weight excluding hydrogens is 154 g/mol. The largest absolute Gasteiger partial charge is 0.453 e. The number of terminal acetylenes is 1. The zero-order valence-corrected chi connectivity index (χ0v) is 6.99. The van der Waals surface area contributed by atoms with E-state index in [9.17, 15) is 4.79 Å². The van der Waals surface area contributed by atoms with Crippen molar-refractivity contribution in [1.29, 1.82) is 0 Å². The van der Waals surface area contributed by atoms with Crippen LogP contribution >= 0.6 is 0 Å². The molecule has 0 N–H and O–H groups in total. The van der Waals surface area contributed by atoms with Gasteiger partial charge in [0.2, 0.25) is 0 Å². The number of ether oxygens (including phenoxy) is 1. The van der Waals surface area contributed by atoms with E-state index in [0.29, 0.717) is 12.0 Å². The molecule has 1 amide bonds. The summed E-state index contributed by atoms with van der Waals surface area (Å²) in [5.41, 5.74) is 0. The second-order valence-electron chi connectivity index (χ2n) is 3.36. The van der Waals surface area contributed by atoms with Gasteiger partial charge in [-0.05, 0) is 18.8 Å². The van der Waals surface area contributed by atoms with E-state index >= 15 is 0 Å². The van der Waals surface area contributed by atoms with E-state index in [4.69, 9.17) is 6.42 Å². The number of piperidine rings is 1. The Balaban J connectivity index is 2.12. The average molecular weight is 165 g/mol. The van der Waals surface area contributed by atoms with Gasteiger partial charge in [-0.3, -0.25) is 4.90 Å². The summed E-state index contributed by atoms with van der Waals surface area (Å²) in [6.07, 6.45) is 7.08. The molecule has 0 radical (unpaired) electrons. The Morgan fingerprint density at radius 1 is 1.67 bits per heavy atom. The molecule has 0 bridgehead atoms. The summed E-state index contributed by atoms with van der Waals surface area (Å²) >= 11 is 0. The van der Waals surface area contributed by atoms with Crippen LogP contribution in [0.2, 0.25) is 0 Å². The summed E-state index contributed by atoms with van der Waals surface area (Å²) in [7, 11) is 1.39. The maximum absolute atomic E-state index is 11.2. The predicted octanol–water partition coefficient (Wildman–Crippen LogP) is 0.849. The van der Waals surface area contributed by atoms with E-state index < -0.39 is 0 Å². The van der Waals surface area contributed by atoms with Crippen molar-refractivity contribution < 1.29 is 9.53 Å². The second-order valence-corrected chi connectivity index (χ2v) is 3.36. The van der Waals surface area contributed by atoms with Crippen molar-refractivity contribution in [2.75, 3.05) is 7.11 Å².